The molecule has 3 aliphatic rings. The highest BCUT2D eigenvalue weighted by Gasteiger charge is 2.53. The molecule has 3 aliphatic heterocycles. The summed E-state index contributed by atoms with van der Waals surface area (Å²) in [5, 5.41) is 22.8. The first-order chi connectivity index (χ1) is 25.3. The summed E-state index contributed by atoms with van der Waals surface area (Å²) >= 11 is 0. The molecule has 13 nitrogen and oxygen atoms in total. The topological polar surface area (TPSA) is 170 Å². The minimum atomic E-state index is -1.86. The van der Waals surface area contributed by atoms with Gasteiger partial charge in [0, 0.05) is 0 Å². The van der Waals surface area contributed by atoms with Crippen molar-refractivity contribution in [1.29, 1.82) is 0 Å². The van der Waals surface area contributed by atoms with E-state index in [0.717, 1.165) is 16.7 Å². The highest BCUT2D eigenvalue weighted by atomic mass is 16.6. The van der Waals surface area contributed by atoms with Gasteiger partial charge >= 0.3 is 0 Å². The van der Waals surface area contributed by atoms with E-state index < -0.39 is 41.6 Å². The molecule has 0 aromatic heterocycles. The molecule has 1 saturated heterocycles. The van der Waals surface area contributed by atoms with Crippen molar-refractivity contribution in [3.63, 3.8) is 0 Å². The van der Waals surface area contributed by atoms with Gasteiger partial charge in [-0.25, -0.2) is 9.98 Å². The van der Waals surface area contributed by atoms with Crippen molar-refractivity contribution in [2.24, 2.45) is 20.7 Å². The molecule has 0 radical (unpaired) electrons. The number of fused-ring (bicyclic) bond motifs is 1. The van der Waals surface area contributed by atoms with Crippen molar-refractivity contribution >= 4 is 23.7 Å². The van der Waals surface area contributed by atoms with Crippen LogP contribution in [0.15, 0.2) is 124 Å². The molecule has 13 heteroatoms. The Morgan fingerprint density at radius 1 is 0.846 bits per heavy atom. The van der Waals surface area contributed by atoms with E-state index in [4.69, 9.17) is 29.4 Å². The van der Waals surface area contributed by atoms with Crippen molar-refractivity contribution in [2.75, 3.05) is 34.1 Å². The number of hydrogen-bond donors (Lipinski definition) is 3. The van der Waals surface area contributed by atoms with Crippen LogP contribution >= 0.6 is 0 Å². The maximum atomic E-state index is 13.4. The van der Waals surface area contributed by atoms with Gasteiger partial charge in [-0.05, 0) is 53.1 Å². The van der Waals surface area contributed by atoms with Crippen molar-refractivity contribution in [3.8, 4) is 17.2 Å². The van der Waals surface area contributed by atoms with Crippen LogP contribution in [-0.2, 0) is 19.9 Å². The van der Waals surface area contributed by atoms with Crippen LogP contribution in [0.1, 0.15) is 16.7 Å². The van der Waals surface area contributed by atoms with E-state index in [1.54, 1.807) is 43.4 Å². The molecule has 0 bridgehead atoms. The first kappa shape index (κ1) is 35.0. The van der Waals surface area contributed by atoms with Crippen LogP contribution in [0, 0.1) is 0 Å². The summed E-state index contributed by atoms with van der Waals surface area (Å²) in [6.45, 7) is -0.527. The van der Waals surface area contributed by atoms with E-state index in [1.807, 2.05) is 84.9 Å². The highest BCUT2D eigenvalue weighted by Crippen LogP contribution is 2.42. The Morgan fingerprint density at radius 3 is 2.02 bits per heavy atom. The van der Waals surface area contributed by atoms with Crippen LogP contribution in [0.3, 0.4) is 0 Å². The number of nitrogens with two attached hydrogens (primary N) is 1. The second-order valence-corrected chi connectivity index (χ2v) is 12.5. The number of ether oxygens (including phenoxy) is 5. The lowest BCUT2D eigenvalue weighted by Gasteiger charge is -2.37. The average molecular weight is 706 g/mol. The lowest BCUT2D eigenvalue weighted by Crippen LogP contribution is -2.60. The molecule has 5 atom stereocenters. The van der Waals surface area contributed by atoms with Crippen molar-refractivity contribution in [2.45, 2.75) is 35.8 Å². The van der Waals surface area contributed by atoms with Gasteiger partial charge in [0.15, 0.2) is 18.7 Å². The molecular formula is C39H39N5O8. The summed E-state index contributed by atoms with van der Waals surface area (Å²) in [6, 6.07) is 33.7. The molecule has 1 fully saturated rings. The van der Waals surface area contributed by atoms with Crippen LogP contribution in [0.4, 0.5) is 0 Å². The first-order valence-corrected chi connectivity index (χ1v) is 16.7. The monoisotopic (exact) mass is 705 g/mol. The Hall–Kier alpha value is -5.44. The maximum Gasteiger partial charge on any atom is 0.218 e. The number of methoxy groups -OCH3 is 2. The minimum Gasteiger partial charge on any atom is -0.497 e. The minimum absolute atomic E-state index is 0.0447. The second-order valence-electron chi connectivity index (χ2n) is 12.5. The van der Waals surface area contributed by atoms with Gasteiger partial charge in [-0.15, -0.1) is 0 Å². The zero-order valence-corrected chi connectivity index (χ0v) is 28.6. The van der Waals surface area contributed by atoms with Crippen LogP contribution in [0.25, 0.3) is 0 Å². The number of rotatable bonds is 13. The van der Waals surface area contributed by atoms with Gasteiger partial charge < -0.3 is 38.8 Å². The number of benzene rings is 4. The molecular weight excluding hydrogens is 666 g/mol. The van der Waals surface area contributed by atoms with Crippen LogP contribution < -0.4 is 19.9 Å². The molecule has 268 valence electrons. The maximum absolute atomic E-state index is 13.4. The number of Topliss-reactive ketones (excluding diaryl/α,β-unsaturated/α-hetero) is 1. The number of hydrogen-bond acceptors (Lipinski definition) is 13. The Labute approximate surface area is 300 Å². The molecule has 4 aromatic rings. The van der Waals surface area contributed by atoms with Gasteiger partial charge in [0.05, 0.1) is 20.8 Å². The molecule has 4 N–H and O–H groups in total. The van der Waals surface area contributed by atoms with Gasteiger partial charge in [-0.1, -0.05) is 72.8 Å². The fourth-order valence-electron chi connectivity index (χ4n) is 6.67. The number of ketones is 1. The Bertz CT molecular complexity index is 1910. The lowest BCUT2D eigenvalue weighted by molar-refractivity contribution is -0.123. The quantitative estimate of drug-likeness (QED) is 0.176. The van der Waals surface area contributed by atoms with E-state index in [-0.39, 0.29) is 31.4 Å². The Balaban J connectivity index is 1.13. The third kappa shape index (κ3) is 6.33. The highest BCUT2D eigenvalue weighted by molar-refractivity contribution is 6.51. The predicted molar refractivity (Wildman–Crippen MR) is 193 cm³/mol. The van der Waals surface area contributed by atoms with E-state index in [9.17, 15) is 15.0 Å². The third-order valence-corrected chi connectivity index (χ3v) is 9.49. The van der Waals surface area contributed by atoms with Gasteiger partial charge in [-0.3, -0.25) is 15.5 Å². The summed E-state index contributed by atoms with van der Waals surface area (Å²) in [5.41, 5.74) is 6.03. The number of aliphatic hydroxyl groups is 2. The molecule has 4 aromatic carbocycles. The molecule has 0 aliphatic carbocycles. The zero-order chi connectivity index (χ0) is 36.3. The number of para-hydroxylation sites is 1. The van der Waals surface area contributed by atoms with Gasteiger partial charge in [0.25, 0.3) is 0 Å². The van der Waals surface area contributed by atoms with E-state index in [1.165, 1.54) is 6.34 Å². The largest absolute Gasteiger partial charge is 0.497 e. The van der Waals surface area contributed by atoms with Gasteiger partial charge in [-0.2, -0.15) is 0 Å². The molecule has 0 amide bonds. The number of nitrogens with zero attached hydrogens (tertiary/aromatic N) is 4. The number of amidine groups is 1. The number of carbonyl (C=O) groups excluding carboxylic acids is 1. The smallest absolute Gasteiger partial charge is 0.218 e. The third-order valence-electron chi connectivity index (χ3n) is 9.49. The summed E-state index contributed by atoms with van der Waals surface area (Å²) in [7, 11) is 3.21. The lowest BCUT2D eigenvalue weighted by atomic mass is 9.80. The molecule has 1 unspecified atom stereocenters. The Morgan fingerprint density at radius 2 is 1.42 bits per heavy atom. The van der Waals surface area contributed by atoms with E-state index >= 15 is 0 Å². The fourth-order valence-corrected chi connectivity index (χ4v) is 6.67. The molecule has 0 spiro atoms. The molecule has 0 saturated carbocycles. The average Bonchev–Trinajstić information content (AvgIpc) is 3.76. The normalized spacial score (nSPS) is 23.8. The van der Waals surface area contributed by atoms with Crippen molar-refractivity contribution < 1.29 is 38.7 Å². The van der Waals surface area contributed by atoms with Gasteiger partial charge in [0.2, 0.25) is 11.4 Å². The second kappa shape index (κ2) is 14.7. The predicted octanol–water partition coefficient (Wildman–Crippen LogP) is 2.92. The SMILES string of the molecule is COc1ccc(C(OC[C@H]2O[C@@H](N3CN=C4C3=NC=NC4(N)C(=O)COc3ccccc3)[C@H](O)[C@@H]2O)(c2ccccc2)c2ccc(OC)cc2)cc1. The fraction of sp³-hybridized carbons (Fsp3) is 0.282. The molecule has 3 heterocycles. The van der Waals surface area contributed by atoms with Crippen molar-refractivity contribution in [1.82, 2.24) is 4.90 Å². The molecule has 52 heavy (non-hydrogen) atoms. The number of aliphatic hydroxyl groups excluding tert-OH is 2. The summed E-state index contributed by atoms with van der Waals surface area (Å²) in [6.07, 6.45) is -3.63. The van der Waals surface area contributed by atoms with E-state index in [2.05, 4.69) is 15.0 Å². The summed E-state index contributed by atoms with van der Waals surface area (Å²) in [5.74, 6) is 1.53. The zero-order valence-electron chi connectivity index (χ0n) is 28.6. The Kier molecular flexibility index (Phi) is 9.86. The van der Waals surface area contributed by atoms with Gasteiger partial charge in [0.1, 0.15) is 59.9 Å². The van der Waals surface area contributed by atoms with Crippen LogP contribution in [0.5, 0.6) is 17.2 Å². The summed E-state index contributed by atoms with van der Waals surface area (Å²) < 4.78 is 29.8. The standard InChI is InChI=1S/C39H39N5O8/c1-48-28-17-13-26(14-18-28)38(25-9-5-3-6-10-25,27-15-19-29(49-2)20-16-27)51-21-31-33(46)34(47)37(52-31)44-24-42-35-36(44)41-23-43-39(35,40)32(45)22-50-30-11-7-4-8-12-30/h3-20,23,31,33-34,37,46-47H,21-22,24,40H2,1-2H3/t31-,33-,34-,37-,39?/m1/s1. The van der Waals surface area contributed by atoms with Crippen LogP contribution in [-0.4, -0.2) is 103 Å². The van der Waals surface area contributed by atoms with E-state index in [0.29, 0.717) is 17.2 Å². The number of carbonyl (C=O) groups is 1. The first-order valence-electron chi connectivity index (χ1n) is 16.7. The van der Waals surface area contributed by atoms with Crippen LogP contribution in [0.2, 0.25) is 0 Å². The van der Waals surface area contributed by atoms with Crippen molar-refractivity contribution in [3.05, 3.63) is 126 Å². The number of aliphatic imine (C=N–C) groups is 3. The molecule has 7 rings (SSSR count). The summed E-state index contributed by atoms with van der Waals surface area (Å²) in [4.78, 5) is 28.0.